The van der Waals surface area contributed by atoms with Crippen LogP contribution in [0.25, 0.3) is 0 Å². The molecule has 112 valence electrons. The van der Waals surface area contributed by atoms with Crippen LogP contribution in [0.5, 0.6) is 0 Å². The predicted molar refractivity (Wildman–Crippen MR) is 75.0 cm³/mol. The summed E-state index contributed by atoms with van der Waals surface area (Å²) in [7, 11) is 0. The molecule has 0 aliphatic heterocycles. The molecule has 6 heteroatoms. The number of halogens is 3. The zero-order valence-corrected chi connectivity index (χ0v) is 11.5. The molecular weight excluding hydrogens is 267 g/mol. The van der Waals surface area contributed by atoms with E-state index in [0.717, 1.165) is 18.5 Å². The Bertz CT molecular complexity index is 417. The van der Waals surface area contributed by atoms with Gasteiger partial charge in [0.25, 0.3) is 0 Å². The molecule has 0 saturated carbocycles. The molecule has 3 nitrogen and oxygen atoms in total. The van der Waals surface area contributed by atoms with Gasteiger partial charge in [-0.05, 0) is 18.6 Å². The monoisotopic (exact) mass is 287 g/mol. The summed E-state index contributed by atoms with van der Waals surface area (Å²) in [5, 5.41) is 7.17. The number of amidine groups is 1. The van der Waals surface area contributed by atoms with Gasteiger partial charge >= 0.3 is 6.18 Å². The summed E-state index contributed by atoms with van der Waals surface area (Å²) in [4.78, 5) is 1.64. The van der Waals surface area contributed by atoms with E-state index in [-0.39, 0.29) is 6.54 Å². The molecule has 0 spiro atoms. The van der Waals surface area contributed by atoms with Gasteiger partial charge in [-0.3, -0.25) is 5.41 Å². The summed E-state index contributed by atoms with van der Waals surface area (Å²) in [6, 6.07) is 8.91. The molecule has 0 radical (unpaired) electrons. The lowest BCUT2D eigenvalue weighted by molar-refractivity contribution is -0.153. The lowest BCUT2D eigenvalue weighted by Gasteiger charge is -2.30. The van der Waals surface area contributed by atoms with Crippen LogP contribution in [0.15, 0.2) is 30.3 Å². The number of nitrogens with two attached hydrogens (primary N) is 1. The number of nitrogens with one attached hydrogen (secondary N) is 1. The number of benzene rings is 1. The number of hydrogen-bond acceptors (Lipinski definition) is 2. The number of para-hydroxylation sites is 1. The summed E-state index contributed by atoms with van der Waals surface area (Å²) in [6.07, 6.45) is -2.82. The normalized spacial score (nSPS) is 13.0. The third kappa shape index (κ3) is 4.75. The summed E-state index contributed by atoms with van der Waals surface area (Å²) >= 11 is 0. The minimum absolute atomic E-state index is 0.317. The third-order valence-corrected chi connectivity index (χ3v) is 3.08. The molecule has 1 rings (SSSR count). The second-order valence-corrected chi connectivity index (χ2v) is 4.68. The topological polar surface area (TPSA) is 53.1 Å². The van der Waals surface area contributed by atoms with Crippen LogP contribution in [-0.4, -0.2) is 25.1 Å². The van der Waals surface area contributed by atoms with Crippen molar-refractivity contribution in [3.8, 4) is 0 Å². The van der Waals surface area contributed by atoms with Crippen LogP contribution in [0.3, 0.4) is 0 Å². The van der Waals surface area contributed by atoms with Gasteiger partial charge in [0.05, 0.1) is 0 Å². The molecule has 20 heavy (non-hydrogen) atoms. The fourth-order valence-electron chi connectivity index (χ4n) is 1.91. The first kappa shape index (κ1) is 16.3. The summed E-state index contributed by atoms with van der Waals surface area (Å²) in [5.41, 5.74) is 5.83. The lowest BCUT2D eigenvalue weighted by atomic mass is 10.1. The molecule has 0 aromatic heterocycles. The SMILES string of the molecule is CCCCN(CC(C(=N)N)C(F)(F)F)c1ccccc1. The van der Waals surface area contributed by atoms with Crippen LogP contribution >= 0.6 is 0 Å². The second-order valence-electron chi connectivity index (χ2n) is 4.68. The van der Waals surface area contributed by atoms with Crippen LogP contribution in [0.2, 0.25) is 0 Å². The Labute approximate surface area is 117 Å². The maximum atomic E-state index is 12.9. The first-order valence-corrected chi connectivity index (χ1v) is 6.57. The lowest BCUT2D eigenvalue weighted by Crippen LogP contribution is -2.44. The molecule has 1 aromatic rings. The zero-order valence-electron chi connectivity index (χ0n) is 11.5. The standard InChI is InChI=1S/C14H20F3N3/c1-2-3-9-20(11-7-5-4-6-8-11)10-12(13(18)19)14(15,16)17/h4-8,12H,2-3,9-10H2,1H3,(H3,18,19). The van der Waals surface area contributed by atoms with Gasteiger partial charge in [0, 0.05) is 18.8 Å². The highest BCUT2D eigenvalue weighted by atomic mass is 19.4. The Hall–Kier alpha value is -1.72. The smallest absolute Gasteiger partial charge is 0.387 e. The van der Waals surface area contributed by atoms with Gasteiger partial charge in [0.1, 0.15) is 11.8 Å². The molecule has 1 unspecified atom stereocenters. The van der Waals surface area contributed by atoms with Crippen molar-refractivity contribution in [2.45, 2.75) is 25.9 Å². The average molecular weight is 287 g/mol. The molecule has 3 N–H and O–H groups in total. The fourth-order valence-corrected chi connectivity index (χ4v) is 1.91. The quantitative estimate of drug-likeness (QED) is 0.596. The van der Waals surface area contributed by atoms with E-state index in [1.165, 1.54) is 0 Å². The van der Waals surface area contributed by atoms with E-state index >= 15 is 0 Å². The van der Waals surface area contributed by atoms with Crippen molar-refractivity contribution in [1.82, 2.24) is 0 Å². The first-order valence-electron chi connectivity index (χ1n) is 6.57. The molecule has 0 fully saturated rings. The maximum absolute atomic E-state index is 12.9. The van der Waals surface area contributed by atoms with Gasteiger partial charge in [-0.15, -0.1) is 0 Å². The Balaban J connectivity index is 2.91. The van der Waals surface area contributed by atoms with E-state index < -0.39 is 17.9 Å². The first-order chi connectivity index (χ1) is 9.36. The number of unbranched alkanes of at least 4 members (excludes halogenated alkanes) is 1. The summed E-state index contributed by atoms with van der Waals surface area (Å²) in [5.74, 6) is -2.77. The second kappa shape index (κ2) is 7.17. The highest BCUT2D eigenvalue weighted by Gasteiger charge is 2.42. The molecular formula is C14H20F3N3. The van der Waals surface area contributed by atoms with Crippen molar-refractivity contribution in [2.75, 3.05) is 18.0 Å². The van der Waals surface area contributed by atoms with Crippen molar-refractivity contribution in [1.29, 1.82) is 5.41 Å². The van der Waals surface area contributed by atoms with Crippen molar-refractivity contribution < 1.29 is 13.2 Å². The fraction of sp³-hybridized carbons (Fsp3) is 0.500. The van der Waals surface area contributed by atoms with Crippen molar-refractivity contribution in [2.24, 2.45) is 11.7 Å². The van der Waals surface area contributed by atoms with E-state index in [1.54, 1.807) is 29.2 Å². The molecule has 1 atom stereocenters. The van der Waals surface area contributed by atoms with Gasteiger partial charge in [0.15, 0.2) is 0 Å². The van der Waals surface area contributed by atoms with Crippen LogP contribution < -0.4 is 10.6 Å². The minimum Gasteiger partial charge on any atom is -0.387 e. The highest BCUT2D eigenvalue weighted by molar-refractivity contribution is 5.81. The Morgan fingerprint density at radius 3 is 2.35 bits per heavy atom. The molecule has 0 heterocycles. The van der Waals surface area contributed by atoms with E-state index in [0.29, 0.717) is 6.54 Å². The largest absolute Gasteiger partial charge is 0.400 e. The molecule has 0 aliphatic rings. The minimum atomic E-state index is -4.49. The van der Waals surface area contributed by atoms with E-state index in [4.69, 9.17) is 11.1 Å². The van der Waals surface area contributed by atoms with Gasteiger partial charge in [-0.2, -0.15) is 13.2 Å². The Kier molecular flexibility index (Phi) is 5.85. The number of rotatable bonds is 7. The molecule has 0 saturated heterocycles. The van der Waals surface area contributed by atoms with Gasteiger partial charge in [0.2, 0.25) is 0 Å². The number of anilines is 1. The van der Waals surface area contributed by atoms with E-state index in [9.17, 15) is 13.2 Å². The van der Waals surface area contributed by atoms with Crippen molar-refractivity contribution in [3.05, 3.63) is 30.3 Å². The van der Waals surface area contributed by atoms with E-state index in [1.807, 2.05) is 13.0 Å². The predicted octanol–water partition coefficient (Wildman–Crippen LogP) is 3.41. The molecule has 0 aliphatic carbocycles. The van der Waals surface area contributed by atoms with Crippen LogP contribution in [0, 0.1) is 11.3 Å². The number of hydrogen-bond donors (Lipinski definition) is 2. The maximum Gasteiger partial charge on any atom is 0.400 e. The van der Waals surface area contributed by atoms with Crippen LogP contribution in [-0.2, 0) is 0 Å². The Morgan fingerprint density at radius 2 is 1.90 bits per heavy atom. The van der Waals surface area contributed by atoms with Crippen LogP contribution in [0.1, 0.15) is 19.8 Å². The summed E-state index contributed by atoms with van der Waals surface area (Å²) in [6.45, 7) is 2.18. The van der Waals surface area contributed by atoms with E-state index in [2.05, 4.69) is 0 Å². The van der Waals surface area contributed by atoms with Crippen LogP contribution in [0.4, 0.5) is 18.9 Å². The number of nitrogens with zero attached hydrogens (tertiary/aromatic N) is 1. The van der Waals surface area contributed by atoms with Crippen molar-refractivity contribution in [3.63, 3.8) is 0 Å². The Morgan fingerprint density at radius 1 is 1.30 bits per heavy atom. The summed E-state index contributed by atoms with van der Waals surface area (Å²) < 4.78 is 38.8. The van der Waals surface area contributed by atoms with Gasteiger partial charge < -0.3 is 10.6 Å². The number of alkyl halides is 3. The zero-order chi connectivity index (χ0) is 15.2. The molecule has 1 aromatic carbocycles. The van der Waals surface area contributed by atoms with Gasteiger partial charge in [-0.25, -0.2) is 0 Å². The van der Waals surface area contributed by atoms with Crippen molar-refractivity contribution >= 4 is 11.5 Å². The van der Waals surface area contributed by atoms with Gasteiger partial charge in [-0.1, -0.05) is 31.5 Å². The molecule has 0 bridgehead atoms. The highest BCUT2D eigenvalue weighted by Crippen LogP contribution is 2.28. The third-order valence-electron chi connectivity index (χ3n) is 3.08. The average Bonchev–Trinajstić information content (AvgIpc) is 2.38. The molecule has 0 amide bonds.